The van der Waals surface area contributed by atoms with Gasteiger partial charge in [0.2, 0.25) is 0 Å². The quantitative estimate of drug-likeness (QED) is 0.391. The predicted octanol–water partition coefficient (Wildman–Crippen LogP) is 2.42. The number of piperidine rings is 1. The number of ether oxygens (including phenoxy) is 1. The van der Waals surface area contributed by atoms with Crippen LogP contribution in [0.2, 0.25) is 5.02 Å². The number of Topliss-reactive ketones (excluding diaryl/α,β-unsaturated/α-hetero) is 1. The van der Waals surface area contributed by atoms with Crippen LogP contribution in [0.15, 0.2) is 12.1 Å². The summed E-state index contributed by atoms with van der Waals surface area (Å²) in [5.74, 6) is 0.931. The first-order valence-corrected chi connectivity index (χ1v) is 11.5. The molecule has 172 valence electrons. The number of rotatable bonds is 10. The minimum atomic E-state index is -3.37. The van der Waals surface area contributed by atoms with E-state index in [9.17, 15) is 13.2 Å². The van der Waals surface area contributed by atoms with Crippen LogP contribution in [-0.2, 0) is 10.2 Å². The Bertz CT molecular complexity index is 813. The number of carbonyl (C=O) groups is 1. The van der Waals surface area contributed by atoms with Crippen LogP contribution in [0, 0.1) is 5.92 Å². The van der Waals surface area contributed by atoms with Gasteiger partial charge in [-0.25, -0.2) is 4.72 Å². The largest absolute Gasteiger partial charge is 0.496 e. The third-order valence-corrected chi connectivity index (χ3v) is 7.16. The van der Waals surface area contributed by atoms with E-state index in [4.69, 9.17) is 22.1 Å². The first kappa shape index (κ1) is 26.9. The summed E-state index contributed by atoms with van der Waals surface area (Å²) in [5, 5.41) is 0.354. The van der Waals surface area contributed by atoms with Crippen LogP contribution in [0.1, 0.15) is 36.0 Å². The highest BCUT2D eigenvalue weighted by molar-refractivity contribution is 7.87. The molecule has 2 rings (SSSR count). The molecule has 0 aliphatic carbocycles. The molecule has 0 spiro atoms. The zero-order valence-electron chi connectivity index (χ0n) is 17.7. The summed E-state index contributed by atoms with van der Waals surface area (Å²) in [6, 6.07) is 3.16. The van der Waals surface area contributed by atoms with Crippen molar-refractivity contribution in [2.45, 2.75) is 25.7 Å². The summed E-state index contributed by atoms with van der Waals surface area (Å²) in [6.45, 7) is 2.88. The molecule has 0 atom stereocenters. The van der Waals surface area contributed by atoms with Crippen LogP contribution in [0.3, 0.4) is 0 Å². The lowest BCUT2D eigenvalue weighted by Gasteiger charge is -2.32. The van der Waals surface area contributed by atoms with Crippen molar-refractivity contribution in [3.8, 4) is 5.75 Å². The molecule has 1 fully saturated rings. The summed E-state index contributed by atoms with van der Waals surface area (Å²) in [7, 11) is 1.14. The molecule has 0 unspecified atom stereocenters. The SMILES string of the molecule is COc1cc(N)c(Cl)cc1C(=O)CCC1CCN(CCNS(=O)(=O)N(C)C)CC1.Cl. The lowest BCUT2D eigenvalue weighted by Crippen LogP contribution is -2.42. The number of nitrogens with zero attached hydrogens (tertiary/aromatic N) is 2. The first-order valence-electron chi connectivity index (χ1n) is 9.69. The molecule has 0 saturated carbocycles. The van der Waals surface area contributed by atoms with E-state index in [0.717, 1.165) is 32.4 Å². The molecule has 1 aliphatic heterocycles. The fraction of sp³-hybridized carbons (Fsp3) is 0.632. The number of ketones is 1. The van der Waals surface area contributed by atoms with Gasteiger partial charge in [-0.2, -0.15) is 12.7 Å². The normalized spacial score (nSPS) is 15.8. The smallest absolute Gasteiger partial charge is 0.278 e. The van der Waals surface area contributed by atoms with Gasteiger partial charge in [0.25, 0.3) is 10.2 Å². The van der Waals surface area contributed by atoms with Gasteiger partial charge in [0.15, 0.2) is 5.78 Å². The highest BCUT2D eigenvalue weighted by Crippen LogP contribution is 2.31. The van der Waals surface area contributed by atoms with Gasteiger partial charge in [-0.15, -0.1) is 12.4 Å². The van der Waals surface area contributed by atoms with E-state index >= 15 is 0 Å². The molecule has 1 aromatic rings. The van der Waals surface area contributed by atoms with Crippen molar-refractivity contribution in [1.29, 1.82) is 0 Å². The standard InChI is InChI=1S/C19H31ClN4O4S.ClH/c1-23(2)29(26,27)22-8-11-24-9-6-14(7-10-24)4-5-18(25)15-12-16(20)17(21)13-19(15)28-3;/h12-14,22H,4-11,21H2,1-3H3;1H. The van der Waals surface area contributed by atoms with Crippen LogP contribution >= 0.6 is 24.0 Å². The van der Waals surface area contributed by atoms with Crippen LogP contribution in [-0.4, -0.2) is 70.8 Å². The number of nitrogens with two attached hydrogens (primary N) is 1. The number of benzene rings is 1. The highest BCUT2D eigenvalue weighted by atomic mass is 35.5. The van der Waals surface area contributed by atoms with Crippen LogP contribution in [0.5, 0.6) is 5.75 Å². The number of methoxy groups -OCH3 is 1. The molecule has 30 heavy (non-hydrogen) atoms. The van der Waals surface area contributed by atoms with E-state index in [0.29, 0.717) is 47.5 Å². The molecular formula is C19H32Cl2N4O4S. The summed E-state index contributed by atoms with van der Waals surface area (Å²) in [5.41, 5.74) is 6.63. The fourth-order valence-electron chi connectivity index (χ4n) is 3.39. The van der Waals surface area contributed by atoms with Crippen LogP contribution < -0.4 is 15.2 Å². The van der Waals surface area contributed by atoms with E-state index in [2.05, 4.69) is 9.62 Å². The maximum atomic E-state index is 12.6. The van der Waals surface area contributed by atoms with Crippen molar-refractivity contribution in [3.63, 3.8) is 0 Å². The van der Waals surface area contributed by atoms with Crippen molar-refractivity contribution in [2.75, 3.05) is 53.1 Å². The Morgan fingerprint density at radius 3 is 2.53 bits per heavy atom. The van der Waals surface area contributed by atoms with E-state index in [1.807, 2.05) is 0 Å². The van der Waals surface area contributed by atoms with Gasteiger partial charge in [-0.05, 0) is 44.3 Å². The monoisotopic (exact) mass is 482 g/mol. The lowest BCUT2D eigenvalue weighted by atomic mass is 9.90. The number of nitrogens with one attached hydrogen (secondary N) is 1. The molecule has 1 aliphatic rings. The van der Waals surface area contributed by atoms with Crippen molar-refractivity contribution < 1.29 is 17.9 Å². The van der Waals surface area contributed by atoms with Gasteiger partial charge in [0.1, 0.15) is 5.75 Å². The topological polar surface area (TPSA) is 105 Å². The molecule has 3 N–H and O–H groups in total. The molecule has 0 aromatic heterocycles. The number of likely N-dealkylation sites (tertiary alicyclic amines) is 1. The molecule has 8 nitrogen and oxygen atoms in total. The van der Waals surface area contributed by atoms with Gasteiger partial charge >= 0.3 is 0 Å². The first-order chi connectivity index (χ1) is 13.6. The van der Waals surface area contributed by atoms with Gasteiger partial charge < -0.3 is 15.4 Å². The Hall–Kier alpha value is -1.10. The Morgan fingerprint density at radius 1 is 1.33 bits per heavy atom. The summed E-state index contributed by atoms with van der Waals surface area (Å²) < 4.78 is 32.4. The maximum Gasteiger partial charge on any atom is 0.278 e. The Labute approximate surface area is 190 Å². The van der Waals surface area contributed by atoms with Crippen molar-refractivity contribution >= 4 is 45.7 Å². The van der Waals surface area contributed by atoms with Crippen LogP contribution in [0.4, 0.5) is 5.69 Å². The average Bonchev–Trinajstić information content (AvgIpc) is 2.68. The number of hydrogen-bond donors (Lipinski definition) is 2. The zero-order valence-corrected chi connectivity index (χ0v) is 20.1. The number of carbonyl (C=O) groups excluding carboxylic acids is 1. The number of nitrogen functional groups attached to an aromatic ring is 1. The molecular weight excluding hydrogens is 451 g/mol. The molecule has 1 saturated heterocycles. The summed E-state index contributed by atoms with van der Waals surface area (Å²) >= 11 is 6.06. The molecule has 0 radical (unpaired) electrons. The van der Waals surface area contributed by atoms with Crippen LogP contribution in [0.25, 0.3) is 0 Å². The van der Waals surface area contributed by atoms with Crippen molar-refractivity contribution in [1.82, 2.24) is 13.9 Å². The van der Waals surface area contributed by atoms with Gasteiger partial charge in [0.05, 0.1) is 23.4 Å². The maximum absolute atomic E-state index is 12.6. The summed E-state index contributed by atoms with van der Waals surface area (Å²) in [4.78, 5) is 14.9. The van der Waals surface area contributed by atoms with Gasteiger partial charge in [-0.3, -0.25) is 4.79 Å². The van der Waals surface area contributed by atoms with E-state index in [-0.39, 0.29) is 18.2 Å². The minimum Gasteiger partial charge on any atom is -0.496 e. The molecule has 0 amide bonds. The molecule has 11 heteroatoms. The van der Waals surface area contributed by atoms with Gasteiger partial charge in [0, 0.05) is 39.7 Å². The highest BCUT2D eigenvalue weighted by Gasteiger charge is 2.22. The second-order valence-corrected chi connectivity index (χ2v) is 9.88. The number of hydrogen-bond acceptors (Lipinski definition) is 6. The van der Waals surface area contributed by atoms with E-state index < -0.39 is 10.2 Å². The van der Waals surface area contributed by atoms with Crippen molar-refractivity contribution in [3.05, 3.63) is 22.7 Å². The Balaban J connectivity index is 0.00000450. The minimum absolute atomic E-state index is 0. The predicted molar refractivity (Wildman–Crippen MR) is 123 cm³/mol. The fourth-order valence-corrected chi connectivity index (χ4v) is 4.16. The lowest BCUT2D eigenvalue weighted by molar-refractivity contribution is 0.0960. The Morgan fingerprint density at radius 2 is 1.97 bits per heavy atom. The molecule has 0 bridgehead atoms. The van der Waals surface area contributed by atoms with Gasteiger partial charge in [-0.1, -0.05) is 11.6 Å². The van der Waals surface area contributed by atoms with E-state index in [1.54, 1.807) is 12.1 Å². The third kappa shape index (κ3) is 7.55. The zero-order chi connectivity index (χ0) is 21.6. The average molecular weight is 483 g/mol. The second-order valence-electron chi connectivity index (χ2n) is 7.50. The van der Waals surface area contributed by atoms with Crippen molar-refractivity contribution in [2.24, 2.45) is 5.92 Å². The number of halogens is 2. The number of anilines is 1. The van der Waals surface area contributed by atoms with E-state index in [1.165, 1.54) is 25.5 Å². The second kappa shape index (κ2) is 12.1. The summed E-state index contributed by atoms with van der Waals surface area (Å²) in [6.07, 6.45) is 3.23. The molecule has 1 aromatic carbocycles. The third-order valence-electron chi connectivity index (χ3n) is 5.30. The Kier molecular flexibility index (Phi) is 10.8. The molecule has 1 heterocycles.